The zero-order chi connectivity index (χ0) is 18.7. The molecular formula is C18H23N5O3. The zero-order valence-electron chi connectivity index (χ0n) is 15.1. The number of carbonyl (C=O) groups excluding carboxylic acids is 1. The summed E-state index contributed by atoms with van der Waals surface area (Å²) in [6.45, 7) is 5.46. The van der Waals surface area contributed by atoms with Gasteiger partial charge in [0, 0.05) is 17.1 Å². The van der Waals surface area contributed by atoms with Crippen molar-refractivity contribution in [1.29, 1.82) is 0 Å². The van der Waals surface area contributed by atoms with E-state index in [1.807, 2.05) is 30.5 Å². The van der Waals surface area contributed by atoms with E-state index < -0.39 is 17.7 Å². The molecule has 4 N–H and O–H groups in total. The van der Waals surface area contributed by atoms with E-state index in [-0.39, 0.29) is 12.4 Å². The van der Waals surface area contributed by atoms with Crippen LogP contribution < -0.4 is 11.1 Å². The predicted octanol–water partition coefficient (Wildman–Crippen LogP) is 2.82. The number of aromatic nitrogens is 3. The number of ether oxygens (including phenoxy) is 1. The Labute approximate surface area is 151 Å². The van der Waals surface area contributed by atoms with Gasteiger partial charge in [-0.25, -0.2) is 4.79 Å². The summed E-state index contributed by atoms with van der Waals surface area (Å²) in [7, 11) is 0. The van der Waals surface area contributed by atoms with Crippen molar-refractivity contribution < 1.29 is 13.9 Å². The molecule has 2 aromatic heterocycles. The zero-order valence-corrected chi connectivity index (χ0v) is 15.1. The lowest BCUT2D eigenvalue weighted by Gasteiger charge is -2.19. The Balaban J connectivity index is 1.59. The van der Waals surface area contributed by atoms with Crippen LogP contribution in [0.4, 0.5) is 4.79 Å². The van der Waals surface area contributed by atoms with E-state index >= 15 is 0 Å². The second-order valence-electron chi connectivity index (χ2n) is 7.06. The fourth-order valence-corrected chi connectivity index (χ4v) is 2.57. The maximum Gasteiger partial charge on any atom is 0.408 e. The maximum absolute atomic E-state index is 11.7. The number of para-hydroxylation sites is 1. The molecule has 138 valence electrons. The molecule has 0 bridgehead atoms. The quantitative estimate of drug-likeness (QED) is 0.646. The van der Waals surface area contributed by atoms with Gasteiger partial charge in [0.2, 0.25) is 11.8 Å². The van der Waals surface area contributed by atoms with Crippen LogP contribution in [0.25, 0.3) is 10.9 Å². The molecule has 0 radical (unpaired) electrons. The Hall–Kier alpha value is -2.87. The molecular weight excluding hydrogens is 334 g/mol. The number of aromatic amines is 1. The van der Waals surface area contributed by atoms with Crippen molar-refractivity contribution >= 4 is 17.0 Å². The van der Waals surface area contributed by atoms with E-state index in [9.17, 15) is 4.79 Å². The number of hydrogen-bond donors (Lipinski definition) is 3. The van der Waals surface area contributed by atoms with Crippen molar-refractivity contribution in [2.75, 3.05) is 0 Å². The molecule has 0 saturated carbocycles. The van der Waals surface area contributed by atoms with Crippen molar-refractivity contribution in [1.82, 2.24) is 20.5 Å². The molecule has 8 nitrogen and oxygen atoms in total. The smallest absolute Gasteiger partial charge is 0.408 e. The van der Waals surface area contributed by atoms with Gasteiger partial charge in [-0.2, -0.15) is 0 Å². The molecule has 0 aliphatic heterocycles. The van der Waals surface area contributed by atoms with Gasteiger partial charge in [-0.3, -0.25) is 0 Å². The number of alkyl carbamates (subject to hydrolysis) is 1. The summed E-state index contributed by atoms with van der Waals surface area (Å²) in [6, 6.07) is 7.58. The maximum atomic E-state index is 11.7. The fraction of sp³-hybridized carbons (Fsp3) is 0.389. The number of hydrogen-bond acceptors (Lipinski definition) is 6. The van der Waals surface area contributed by atoms with Crippen molar-refractivity contribution in [2.45, 2.75) is 45.4 Å². The minimum Gasteiger partial charge on any atom is -0.444 e. The average molecular weight is 357 g/mol. The molecule has 26 heavy (non-hydrogen) atoms. The van der Waals surface area contributed by atoms with Crippen molar-refractivity contribution in [3.63, 3.8) is 0 Å². The lowest BCUT2D eigenvalue weighted by Crippen LogP contribution is -2.32. The van der Waals surface area contributed by atoms with Crippen molar-refractivity contribution in [3.8, 4) is 0 Å². The first-order valence-electron chi connectivity index (χ1n) is 8.41. The van der Waals surface area contributed by atoms with Gasteiger partial charge in [0.1, 0.15) is 5.60 Å². The largest absolute Gasteiger partial charge is 0.444 e. The Kier molecular flexibility index (Phi) is 4.94. The number of nitrogens with one attached hydrogen (secondary N) is 2. The van der Waals surface area contributed by atoms with Crippen LogP contribution in [-0.2, 0) is 17.7 Å². The molecule has 0 fully saturated rings. The van der Waals surface area contributed by atoms with E-state index in [1.54, 1.807) is 20.8 Å². The monoisotopic (exact) mass is 357 g/mol. The number of carbonyl (C=O) groups is 1. The number of nitrogens with two attached hydrogens (primary N) is 1. The highest BCUT2D eigenvalue weighted by molar-refractivity contribution is 5.83. The van der Waals surface area contributed by atoms with Gasteiger partial charge in [0.05, 0.1) is 12.6 Å². The first kappa shape index (κ1) is 17.9. The number of benzene rings is 1. The number of nitrogens with zero attached hydrogens (tertiary/aromatic N) is 2. The van der Waals surface area contributed by atoms with E-state index in [2.05, 4.69) is 20.5 Å². The summed E-state index contributed by atoms with van der Waals surface area (Å²) in [5, 5.41) is 11.6. The van der Waals surface area contributed by atoms with Crippen LogP contribution in [-0.4, -0.2) is 26.9 Å². The Bertz CT molecular complexity index is 894. The summed E-state index contributed by atoms with van der Waals surface area (Å²) in [6.07, 6.45) is 1.96. The molecule has 3 aromatic rings. The molecule has 1 unspecified atom stereocenters. The number of rotatable bonds is 5. The van der Waals surface area contributed by atoms with Crippen LogP contribution in [0.5, 0.6) is 0 Å². The molecule has 2 heterocycles. The minimum atomic E-state index is -0.564. The second kappa shape index (κ2) is 7.17. The van der Waals surface area contributed by atoms with E-state index in [0.29, 0.717) is 12.3 Å². The topological polar surface area (TPSA) is 119 Å². The fourth-order valence-electron chi connectivity index (χ4n) is 2.57. The molecule has 3 rings (SSSR count). The number of amides is 1. The summed E-state index contributed by atoms with van der Waals surface area (Å²) < 4.78 is 10.7. The minimum absolute atomic E-state index is 0.0850. The molecule has 0 saturated heterocycles. The van der Waals surface area contributed by atoms with Crippen LogP contribution in [0, 0.1) is 0 Å². The summed E-state index contributed by atoms with van der Waals surface area (Å²) >= 11 is 0. The summed E-state index contributed by atoms with van der Waals surface area (Å²) in [5.74, 6) is 0.608. The lowest BCUT2D eigenvalue weighted by atomic mass is 10.1. The van der Waals surface area contributed by atoms with E-state index in [0.717, 1.165) is 16.5 Å². The van der Waals surface area contributed by atoms with Crippen molar-refractivity contribution in [3.05, 3.63) is 47.8 Å². The van der Waals surface area contributed by atoms with Crippen LogP contribution in [0.15, 0.2) is 34.9 Å². The van der Waals surface area contributed by atoms with Gasteiger partial charge in [-0.1, -0.05) is 18.2 Å². The Morgan fingerprint density at radius 3 is 2.88 bits per heavy atom. The summed E-state index contributed by atoms with van der Waals surface area (Å²) in [4.78, 5) is 14.9. The lowest BCUT2D eigenvalue weighted by molar-refractivity contribution is 0.0518. The van der Waals surface area contributed by atoms with Gasteiger partial charge in [0.25, 0.3) is 0 Å². The van der Waals surface area contributed by atoms with E-state index in [4.69, 9.17) is 14.9 Å². The SMILES string of the molecule is CC(C)(C)OC(=O)NCc1nnc(C(N)Cc2c[nH]c3ccccc23)o1. The normalized spacial score (nSPS) is 12.9. The first-order chi connectivity index (χ1) is 12.3. The third-order valence-corrected chi connectivity index (χ3v) is 3.70. The number of fused-ring (bicyclic) bond motifs is 1. The van der Waals surface area contributed by atoms with Gasteiger partial charge >= 0.3 is 6.09 Å². The highest BCUT2D eigenvalue weighted by Crippen LogP contribution is 2.22. The Morgan fingerprint density at radius 2 is 2.12 bits per heavy atom. The molecule has 1 aromatic carbocycles. The van der Waals surface area contributed by atoms with E-state index in [1.165, 1.54) is 0 Å². The van der Waals surface area contributed by atoms with Gasteiger partial charge in [-0.15, -0.1) is 10.2 Å². The molecule has 0 aliphatic carbocycles. The van der Waals surface area contributed by atoms with Crippen LogP contribution >= 0.6 is 0 Å². The standard InChI is InChI=1S/C18H23N5O3/c1-18(2,3)26-17(24)21-10-15-22-23-16(25-15)13(19)8-11-9-20-14-7-5-4-6-12(11)14/h4-7,9,13,20H,8,10,19H2,1-3H3,(H,21,24). The van der Waals surface area contributed by atoms with Gasteiger partial charge in [-0.05, 0) is 38.8 Å². The third kappa shape index (κ3) is 4.40. The number of H-pyrrole nitrogens is 1. The van der Waals surface area contributed by atoms with Gasteiger partial charge < -0.3 is 25.2 Å². The first-order valence-corrected chi connectivity index (χ1v) is 8.41. The van der Waals surface area contributed by atoms with Crippen LogP contribution in [0.2, 0.25) is 0 Å². The van der Waals surface area contributed by atoms with Crippen LogP contribution in [0.3, 0.4) is 0 Å². The molecule has 0 aliphatic rings. The van der Waals surface area contributed by atoms with Gasteiger partial charge in [0.15, 0.2) is 0 Å². The average Bonchev–Trinajstić information content (AvgIpc) is 3.19. The molecule has 0 spiro atoms. The molecule has 1 atom stereocenters. The highest BCUT2D eigenvalue weighted by atomic mass is 16.6. The third-order valence-electron chi connectivity index (χ3n) is 3.70. The van der Waals surface area contributed by atoms with Crippen LogP contribution in [0.1, 0.15) is 44.2 Å². The highest BCUT2D eigenvalue weighted by Gasteiger charge is 2.19. The Morgan fingerprint density at radius 1 is 1.35 bits per heavy atom. The summed E-state index contributed by atoms with van der Waals surface area (Å²) in [5.41, 5.74) is 7.78. The van der Waals surface area contributed by atoms with Crippen molar-refractivity contribution in [2.24, 2.45) is 5.73 Å². The molecule has 8 heteroatoms. The predicted molar refractivity (Wildman–Crippen MR) is 96.3 cm³/mol. The molecule has 1 amide bonds. The second-order valence-corrected chi connectivity index (χ2v) is 7.06.